The topological polar surface area (TPSA) is 59.3 Å². The summed E-state index contributed by atoms with van der Waals surface area (Å²) in [5.41, 5.74) is -2.71. The molecule has 4 nitrogen and oxygen atoms in total. The monoisotopic (exact) mass is 299 g/mol. The van der Waals surface area contributed by atoms with Crippen LogP contribution in [0.15, 0.2) is 29.2 Å². The van der Waals surface area contributed by atoms with Crippen molar-refractivity contribution in [2.45, 2.75) is 26.1 Å². The van der Waals surface area contributed by atoms with Crippen molar-refractivity contribution in [1.82, 2.24) is 4.57 Å². The number of alkyl halides is 3. The molecule has 2 rings (SSSR count). The normalized spacial score (nSPS) is 12.1. The lowest BCUT2D eigenvalue weighted by atomic mass is 10.1. The number of hydrogen-bond acceptors (Lipinski definition) is 2. The van der Waals surface area contributed by atoms with Gasteiger partial charge in [-0.25, -0.2) is 4.79 Å². The first kappa shape index (κ1) is 15.1. The maximum absolute atomic E-state index is 13.1. The standard InChI is InChI=1S/C14H12F3NO3/c1-7(2)18-6-9(13(20)21)12(19)8-4-3-5-10(11(8)18)14(15,16)17/h3-7H,1-2H3,(H,20,21). The van der Waals surface area contributed by atoms with Crippen molar-refractivity contribution in [3.63, 3.8) is 0 Å². The quantitative estimate of drug-likeness (QED) is 0.925. The summed E-state index contributed by atoms with van der Waals surface area (Å²) in [5, 5.41) is 8.77. The highest BCUT2D eigenvalue weighted by molar-refractivity contribution is 5.93. The zero-order chi connectivity index (χ0) is 15.9. The van der Waals surface area contributed by atoms with E-state index in [4.69, 9.17) is 5.11 Å². The fraction of sp³-hybridized carbons (Fsp3) is 0.286. The number of pyridine rings is 1. The highest BCUT2D eigenvalue weighted by Crippen LogP contribution is 2.34. The fourth-order valence-electron chi connectivity index (χ4n) is 2.20. The molecule has 112 valence electrons. The molecule has 1 aromatic heterocycles. The lowest BCUT2D eigenvalue weighted by Gasteiger charge is -2.19. The second-order valence-electron chi connectivity index (χ2n) is 4.88. The fourth-order valence-corrected chi connectivity index (χ4v) is 2.20. The largest absolute Gasteiger partial charge is 0.477 e. The molecular formula is C14H12F3NO3. The zero-order valence-corrected chi connectivity index (χ0v) is 11.2. The Labute approximate surface area is 117 Å². The summed E-state index contributed by atoms with van der Waals surface area (Å²) in [6.07, 6.45) is -3.67. The van der Waals surface area contributed by atoms with E-state index < -0.39 is 34.7 Å². The second kappa shape index (κ2) is 4.91. The van der Waals surface area contributed by atoms with Gasteiger partial charge in [-0.3, -0.25) is 4.79 Å². The van der Waals surface area contributed by atoms with Gasteiger partial charge in [0.2, 0.25) is 5.43 Å². The molecule has 0 atom stereocenters. The van der Waals surface area contributed by atoms with Gasteiger partial charge in [-0.05, 0) is 26.0 Å². The summed E-state index contributed by atoms with van der Waals surface area (Å²) in [5.74, 6) is -1.46. The van der Waals surface area contributed by atoms with E-state index in [2.05, 4.69) is 0 Å². The molecule has 21 heavy (non-hydrogen) atoms. The van der Waals surface area contributed by atoms with Crippen molar-refractivity contribution in [3.05, 3.63) is 45.7 Å². The van der Waals surface area contributed by atoms with Gasteiger partial charge in [0.15, 0.2) is 0 Å². The van der Waals surface area contributed by atoms with Gasteiger partial charge in [0.1, 0.15) is 5.56 Å². The lowest BCUT2D eigenvalue weighted by Crippen LogP contribution is -2.22. The average molecular weight is 299 g/mol. The predicted molar refractivity (Wildman–Crippen MR) is 70.6 cm³/mol. The summed E-state index contributed by atoms with van der Waals surface area (Å²) in [4.78, 5) is 23.1. The Balaban J connectivity index is 3.05. The van der Waals surface area contributed by atoms with Crippen molar-refractivity contribution in [1.29, 1.82) is 0 Å². The first-order valence-corrected chi connectivity index (χ1v) is 6.13. The Morgan fingerprint density at radius 2 is 1.90 bits per heavy atom. The number of aromatic nitrogens is 1. The van der Waals surface area contributed by atoms with Gasteiger partial charge in [0.25, 0.3) is 0 Å². The maximum Gasteiger partial charge on any atom is 0.418 e. The van der Waals surface area contributed by atoms with Crippen molar-refractivity contribution in [3.8, 4) is 0 Å². The molecule has 1 aromatic carbocycles. The number of rotatable bonds is 2. The van der Waals surface area contributed by atoms with E-state index in [1.54, 1.807) is 13.8 Å². The van der Waals surface area contributed by atoms with Crippen LogP contribution >= 0.6 is 0 Å². The third kappa shape index (κ3) is 2.51. The van der Waals surface area contributed by atoms with Crippen LogP contribution in [0.1, 0.15) is 35.8 Å². The SMILES string of the molecule is CC(C)n1cc(C(=O)O)c(=O)c2cccc(C(F)(F)F)c21. The highest BCUT2D eigenvalue weighted by Gasteiger charge is 2.34. The van der Waals surface area contributed by atoms with Crippen LogP contribution in [0.25, 0.3) is 10.9 Å². The number of benzene rings is 1. The Kier molecular flexibility index (Phi) is 3.52. The number of aromatic carboxylic acids is 1. The number of carboxylic acids is 1. The number of halogens is 3. The van der Waals surface area contributed by atoms with Crippen LogP contribution in [0.2, 0.25) is 0 Å². The van der Waals surface area contributed by atoms with Gasteiger partial charge in [-0.1, -0.05) is 6.07 Å². The molecule has 0 fully saturated rings. The predicted octanol–water partition coefficient (Wildman–Crippen LogP) is 3.30. The van der Waals surface area contributed by atoms with Gasteiger partial charge in [-0.15, -0.1) is 0 Å². The smallest absolute Gasteiger partial charge is 0.418 e. The molecule has 0 saturated heterocycles. The van der Waals surface area contributed by atoms with Crippen LogP contribution in [-0.2, 0) is 6.18 Å². The molecule has 7 heteroatoms. The van der Waals surface area contributed by atoms with Crippen LogP contribution in [0.3, 0.4) is 0 Å². The van der Waals surface area contributed by atoms with E-state index in [0.29, 0.717) is 0 Å². The second-order valence-corrected chi connectivity index (χ2v) is 4.88. The molecule has 1 N–H and O–H groups in total. The van der Waals surface area contributed by atoms with Crippen molar-refractivity contribution >= 4 is 16.9 Å². The Morgan fingerprint density at radius 1 is 1.29 bits per heavy atom. The van der Waals surface area contributed by atoms with E-state index in [0.717, 1.165) is 18.3 Å². The molecule has 0 aliphatic carbocycles. The molecule has 0 saturated carbocycles. The lowest BCUT2D eigenvalue weighted by molar-refractivity contribution is -0.136. The van der Waals surface area contributed by atoms with Crippen LogP contribution in [0, 0.1) is 0 Å². The van der Waals surface area contributed by atoms with Gasteiger partial charge < -0.3 is 9.67 Å². The molecule has 2 aromatic rings. The minimum absolute atomic E-state index is 0.251. The highest BCUT2D eigenvalue weighted by atomic mass is 19.4. The molecule has 0 aliphatic rings. The van der Waals surface area contributed by atoms with Crippen molar-refractivity contribution < 1.29 is 23.1 Å². The number of carbonyl (C=O) groups is 1. The Bertz CT molecular complexity index is 775. The minimum atomic E-state index is -4.63. The summed E-state index contributed by atoms with van der Waals surface area (Å²) >= 11 is 0. The number of hydrogen-bond donors (Lipinski definition) is 1. The molecule has 0 aliphatic heterocycles. The minimum Gasteiger partial charge on any atom is -0.477 e. The summed E-state index contributed by atoms with van der Waals surface area (Å²) < 4.78 is 40.5. The van der Waals surface area contributed by atoms with Gasteiger partial charge in [0.05, 0.1) is 11.1 Å². The number of para-hydroxylation sites is 1. The molecule has 0 amide bonds. The van der Waals surface area contributed by atoms with Crippen LogP contribution in [0.5, 0.6) is 0 Å². The van der Waals surface area contributed by atoms with Gasteiger partial charge in [0, 0.05) is 17.6 Å². The molecule has 0 unspecified atom stereocenters. The maximum atomic E-state index is 13.1. The first-order valence-electron chi connectivity index (χ1n) is 6.13. The van der Waals surface area contributed by atoms with Crippen molar-refractivity contribution in [2.24, 2.45) is 0 Å². The molecule has 0 bridgehead atoms. The summed E-state index contributed by atoms with van der Waals surface area (Å²) in [6.45, 7) is 3.23. The summed E-state index contributed by atoms with van der Waals surface area (Å²) in [7, 11) is 0. The molecule has 1 heterocycles. The molecule has 0 spiro atoms. The van der Waals surface area contributed by atoms with Gasteiger partial charge >= 0.3 is 12.1 Å². The van der Waals surface area contributed by atoms with E-state index >= 15 is 0 Å². The number of fused-ring (bicyclic) bond motifs is 1. The first-order chi connectivity index (χ1) is 9.64. The van der Waals surface area contributed by atoms with Gasteiger partial charge in [-0.2, -0.15) is 13.2 Å². The van der Waals surface area contributed by atoms with E-state index in [-0.39, 0.29) is 10.9 Å². The third-order valence-electron chi connectivity index (χ3n) is 3.14. The van der Waals surface area contributed by atoms with E-state index in [1.165, 1.54) is 10.6 Å². The van der Waals surface area contributed by atoms with E-state index in [9.17, 15) is 22.8 Å². The van der Waals surface area contributed by atoms with Crippen molar-refractivity contribution in [2.75, 3.05) is 0 Å². The Hall–Kier alpha value is -2.31. The number of carboxylic acid groups (broad SMARTS) is 1. The average Bonchev–Trinajstić information content (AvgIpc) is 2.36. The van der Waals surface area contributed by atoms with E-state index in [1.807, 2.05) is 0 Å². The van der Waals surface area contributed by atoms with Crippen LogP contribution in [-0.4, -0.2) is 15.6 Å². The zero-order valence-electron chi connectivity index (χ0n) is 11.2. The molecular weight excluding hydrogens is 287 g/mol. The number of nitrogens with zero attached hydrogens (tertiary/aromatic N) is 1. The van der Waals surface area contributed by atoms with Crippen LogP contribution < -0.4 is 5.43 Å². The Morgan fingerprint density at radius 3 is 2.38 bits per heavy atom. The third-order valence-corrected chi connectivity index (χ3v) is 3.14. The molecule has 0 radical (unpaired) electrons. The summed E-state index contributed by atoms with van der Waals surface area (Å²) in [6, 6.07) is 2.75. The van der Waals surface area contributed by atoms with Crippen LogP contribution in [0.4, 0.5) is 13.2 Å².